The van der Waals surface area contributed by atoms with Crippen molar-refractivity contribution in [3.05, 3.63) is 23.0 Å². The van der Waals surface area contributed by atoms with Crippen LogP contribution in [0.15, 0.2) is 6.07 Å². The van der Waals surface area contributed by atoms with Gasteiger partial charge < -0.3 is 5.32 Å². The highest BCUT2D eigenvalue weighted by Crippen LogP contribution is 2.39. The first-order chi connectivity index (χ1) is 8.44. The molecule has 0 radical (unpaired) electrons. The van der Waals surface area contributed by atoms with Crippen molar-refractivity contribution in [2.24, 2.45) is 5.41 Å². The number of hydrogen-bond donors (Lipinski definition) is 1. The third-order valence-electron chi connectivity index (χ3n) is 4.03. The molecule has 1 fully saturated rings. The van der Waals surface area contributed by atoms with Gasteiger partial charge in [0.2, 0.25) is 0 Å². The Bertz CT molecular complexity index is 497. The summed E-state index contributed by atoms with van der Waals surface area (Å²) in [6.07, 6.45) is 3.68. The molecule has 1 unspecified atom stereocenters. The number of aromatic nitrogens is 1. The van der Waals surface area contributed by atoms with Crippen LogP contribution in [0, 0.1) is 30.6 Å². The molecule has 0 aromatic carbocycles. The second-order valence-electron chi connectivity index (χ2n) is 5.96. The SMILES string of the molecule is Cc1cc(NC2CCCC2(C)C)c(C#N)c(C)n1. The van der Waals surface area contributed by atoms with E-state index < -0.39 is 0 Å². The molecule has 0 spiro atoms. The maximum atomic E-state index is 9.26. The summed E-state index contributed by atoms with van der Waals surface area (Å²) in [4.78, 5) is 4.35. The van der Waals surface area contributed by atoms with E-state index in [9.17, 15) is 5.26 Å². The Morgan fingerprint density at radius 2 is 2.17 bits per heavy atom. The lowest BCUT2D eigenvalue weighted by atomic mass is 9.87. The molecule has 3 nitrogen and oxygen atoms in total. The average molecular weight is 243 g/mol. The van der Waals surface area contributed by atoms with Gasteiger partial charge in [-0.25, -0.2) is 0 Å². The molecular formula is C15H21N3. The number of nitrogens with one attached hydrogen (secondary N) is 1. The van der Waals surface area contributed by atoms with Crippen molar-refractivity contribution in [3.8, 4) is 6.07 Å². The Labute approximate surface area is 109 Å². The average Bonchev–Trinajstić information content (AvgIpc) is 2.58. The summed E-state index contributed by atoms with van der Waals surface area (Å²) >= 11 is 0. The summed E-state index contributed by atoms with van der Waals surface area (Å²) < 4.78 is 0. The Balaban J connectivity index is 2.32. The molecule has 3 heteroatoms. The molecule has 1 heterocycles. The predicted molar refractivity (Wildman–Crippen MR) is 73.5 cm³/mol. The fraction of sp³-hybridized carbons (Fsp3) is 0.600. The van der Waals surface area contributed by atoms with Gasteiger partial charge in [0.25, 0.3) is 0 Å². The topological polar surface area (TPSA) is 48.7 Å². The summed E-state index contributed by atoms with van der Waals surface area (Å²) in [6.45, 7) is 8.46. The van der Waals surface area contributed by atoms with E-state index in [-0.39, 0.29) is 0 Å². The normalized spacial score (nSPS) is 21.6. The van der Waals surface area contributed by atoms with E-state index >= 15 is 0 Å². The molecule has 96 valence electrons. The maximum Gasteiger partial charge on any atom is 0.103 e. The number of nitriles is 1. The molecule has 1 aromatic rings. The Hall–Kier alpha value is -1.56. The third-order valence-corrected chi connectivity index (χ3v) is 4.03. The lowest BCUT2D eigenvalue weighted by Crippen LogP contribution is -2.31. The van der Waals surface area contributed by atoms with Crippen molar-refractivity contribution in [1.82, 2.24) is 4.98 Å². The minimum atomic E-state index is 0.303. The highest BCUT2D eigenvalue weighted by Gasteiger charge is 2.34. The monoisotopic (exact) mass is 243 g/mol. The zero-order valence-corrected chi connectivity index (χ0v) is 11.7. The van der Waals surface area contributed by atoms with Gasteiger partial charge in [0.15, 0.2) is 0 Å². The molecule has 2 rings (SSSR count). The smallest absolute Gasteiger partial charge is 0.103 e. The van der Waals surface area contributed by atoms with Crippen LogP contribution in [-0.2, 0) is 0 Å². The van der Waals surface area contributed by atoms with Crippen LogP contribution in [0.1, 0.15) is 50.1 Å². The largest absolute Gasteiger partial charge is 0.381 e. The molecule has 0 saturated heterocycles. The molecule has 0 amide bonds. The van der Waals surface area contributed by atoms with Gasteiger partial charge in [-0.1, -0.05) is 20.3 Å². The van der Waals surface area contributed by atoms with Gasteiger partial charge in [0, 0.05) is 11.7 Å². The van der Waals surface area contributed by atoms with Crippen LogP contribution < -0.4 is 5.32 Å². The molecule has 1 aliphatic rings. The molecule has 0 bridgehead atoms. The Morgan fingerprint density at radius 3 is 2.72 bits per heavy atom. The van der Waals surface area contributed by atoms with Crippen LogP contribution in [0.25, 0.3) is 0 Å². The number of anilines is 1. The van der Waals surface area contributed by atoms with Gasteiger partial charge in [0.1, 0.15) is 6.07 Å². The lowest BCUT2D eigenvalue weighted by Gasteiger charge is -2.29. The number of nitrogens with zero attached hydrogens (tertiary/aromatic N) is 2. The first kappa shape index (κ1) is 12.9. The summed E-state index contributed by atoms with van der Waals surface area (Å²) in [6, 6.07) is 4.70. The molecule has 1 N–H and O–H groups in total. The van der Waals surface area contributed by atoms with Gasteiger partial charge in [-0.15, -0.1) is 0 Å². The minimum Gasteiger partial charge on any atom is -0.381 e. The first-order valence-corrected chi connectivity index (χ1v) is 6.59. The number of hydrogen-bond acceptors (Lipinski definition) is 3. The Morgan fingerprint density at radius 1 is 1.44 bits per heavy atom. The van der Waals surface area contributed by atoms with Gasteiger partial charge in [0.05, 0.1) is 16.9 Å². The van der Waals surface area contributed by atoms with Gasteiger partial charge in [-0.05, 0) is 38.2 Å². The minimum absolute atomic E-state index is 0.303. The van der Waals surface area contributed by atoms with E-state index in [4.69, 9.17) is 0 Å². The van der Waals surface area contributed by atoms with E-state index in [1.807, 2.05) is 19.9 Å². The maximum absolute atomic E-state index is 9.26. The number of pyridine rings is 1. The van der Waals surface area contributed by atoms with E-state index in [1.165, 1.54) is 19.3 Å². The lowest BCUT2D eigenvalue weighted by molar-refractivity contribution is 0.350. The van der Waals surface area contributed by atoms with Crippen LogP contribution >= 0.6 is 0 Å². The second-order valence-corrected chi connectivity index (χ2v) is 5.96. The summed E-state index contributed by atoms with van der Waals surface area (Å²) in [5.74, 6) is 0. The van der Waals surface area contributed by atoms with Crippen molar-refractivity contribution >= 4 is 5.69 Å². The van der Waals surface area contributed by atoms with Crippen molar-refractivity contribution < 1.29 is 0 Å². The summed E-state index contributed by atoms with van der Waals surface area (Å²) in [7, 11) is 0. The second kappa shape index (κ2) is 4.61. The quantitative estimate of drug-likeness (QED) is 0.864. The summed E-state index contributed by atoms with van der Waals surface area (Å²) in [5.41, 5.74) is 3.71. The van der Waals surface area contributed by atoms with E-state index in [0.717, 1.165) is 17.1 Å². The highest BCUT2D eigenvalue weighted by molar-refractivity contribution is 5.60. The molecule has 1 aromatic heterocycles. The fourth-order valence-electron chi connectivity index (χ4n) is 2.87. The van der Waals surface area contributed by atoms with Crippen LogP contribution in [0.4, 0.5) is 5.69 Å². The molecule has 1 aliphatic carbocycles. The number of rotatable bonds is 2. The van der Waals surface area contributed by atoms with Crippen molar-refractivity contribution in [3.63, 3.8) is 0 Å². The van der Waals surface area contributed by atoms with Crippen molar-refractivity contribution in [2.45, 2.75) is 53.0 Å². The standard InChI is InChI=1S/C15H21N3/c1-10-8-13(12(9-16)11(2)17-10)18-14-6-5-7-15(14,3)4/h8,14H,5-7H2,1-4H3,(H,17,18). The Kier molecular flexibility index (Phi) is 3.30. The number of aryl methyl sites for hydroxylation is 2. The highest BCUT2D eigenvalue weighted by atomic mass is 15.0. The fourth-order valence-corrected chi connectivity index (χ4v) is 2.87. The van der Waals surface area contributed by atoms with Crippen LogP contribution in [0.2, 0.25) is 0 Å². The zero-order chi connectivity index (χ0) is 13.3. The molecule has 1 atom stereocenters. The molecule has 1 saturated carbocycles. The van der Waals surface area contributed by atoms with Crippen molar-refractivity contribution in [1.29, 1.82) is 5.26 Å². The van der Waals surface area contributed by atoms with Crippen LogP contribution in [-0.4, -0.2) is 11.0 Å². The molecular weight excluding hydrogens is 222 g/mol. The van der Waals surface area contributed by atoms with Gasteiger partial charge in [-0.3, -0.25) is 4.98 Å². The van der Waals surface area contributed by atoms with E-state index in [0.29, 0.717) is 17.0 Å². The molecule has 18 heavy (non-hydrogen) atoms. The van der Waals surface area contributed by atoms with Crippen molar-refractivity contribution in [2.75, 3.05) is 5.32 Å². The zero-order valence-electron chi connectivity index (χ0n) is 11.7. The van der Waals surface area contributed by atoms with Crippen LogP contribution in [0.3, 0.4) is 0 Å². The summed E-state index contributed by atoms with van der Waals surface area (Å²) in [5, 5.41) is 12.8. The van der Waals surface area contributed by atoms with Gasteiger partial charge in [-0.2, -0.15) is 5.26 Å². The van der Waals surface area contributed by atoms with E-state index in [1.54, 1.807) is 0 Å². The van der Waals surface area contributed by atoms with Gasteiger partial charge >= 0.3 is 0 Å². The van der Waals surface area contributed by atoms with E-state index in [2.05, 4.69) is 30.2 Å². The van der Waals surface area contributed by atoms with Crippen LogP contribution in [0.5, 0.6) is 0 Å². The predicted octanol–water partition coefficient (Wildman–Crippen LogP) is 3.56. The first-order valence-electron chi connectivity index (χ1n) is 6.59. The molecule has 0 aliphatic heterocycles. The third kappa shape index (κ3) is 2.33.